The second-order valence-corrected chi connectivity index (χ2v) is 8.68. The number of halogens is 1. The lowest BCUT2D eigenvalue weighted by molar-refractivity contribution is -0.117. The predicted octanol–water partition coefficient (Wildman–Crippen LogP) is 5.31. The van der Waals surface area contributed by atoms with Crippen LogP contribution in [0.15, 0.2) is 54.2 Å². The standard InChI is InChI=1S/C25H18FN3O4S/c1-27-22-11-19-21(12-24(22)32-14-18-13-31-18)28-5-4-23(19)33-17-3-2-15(20(26)10-17)8-16(30)9-25-29-6-7-34-25/h2-7,10-12,18H,8-9,13-14H2. The van der Waals surface area contributed by atoms with E-state index in [9.17, 15) is 9.18 Å². The molecule has 0 saturated carbocycles. The molecular formula is C25H18FN3O4S. The lowest BCUT2D eigenvalue weighted by atomic mass is 10.1. The van der Waals surface area contributed by atoms with Gasteiger partial charge in [0, 0.05) is 35.6 Å². The fraction of sp³-hybridized carbons (Fsp3) is 0.200. The van der Waals surface area contributed by atoms with Gasteiger partial charge in [0.15, 0.2) is 0 Å². The molecule has 1 saturated heterocycles. The normalized spacial score (nSPS) is 14.5. The maximum atomic E-state index is 14.7. The zero-order valence-electron chi connectivity index (χ0n) is 17.9. The van der Waals surface area contributed by atoms with Crippen LogP contribution < -0.4 is 9.47 Å². The summed E-state index contributed by atoms with van der Waals surface area (Å²) in [6, 6.07) is 9.40. The molecule has 0 bridgehead atoms. The molecule has 1 aliphatic heterocycles. The summed E-state index contributed by atoms with van der Waals surface area (Å²) >= 11 is 1.40. The van der Waals surface area contributed by atoms with E-state index < -0.39 is 5.82 Å². The van der Waals surface area contributed by atoms with Gasteiger partial charge in [-0.25, -0.2) is 14.2 Å². The molecule has 1 atom stereocenters. The molecular weight excluding hydrogens is 457 g/mol. The molecule has 170 valence electrons. The van der Waals surface area contributed by atoms with Crippen LogP contribution in [0.4, 0.5) is 10.1 Å². The van der Waals surface area contributed by atoms with Crippen molar-refractivity contribution >= 4 is 33.7 Å². The highest BCUT2D eigenvalue weighted by atomic mass is 32.1. The van der Waals surface area contributed by atoms with Gasteiger partial charge in [0.25, 0.3) is 0 Å². The number of carbonyl (C=O) groups excluding carboxylic acids is 1. The van der Waals surface area contributed by atoms with Gasteiger partial charge in [-0.15, -0.1) is 11.3 Å². The zero-order chi connectivity index (χ0) is 23.5. The molecule has 1 aliphatic rings. The maximum absolute atomic E-state index is 14.7. The number of epoxide rings is 1. The molecule has 3 heterocycles. The van der Waals surface area contributed by atoms with E-state index in [1.54, 1.807) is 48.1 Å². The molecule has 1 unspecified atom stereocenters. The molecule has 1 fully saturated rings. The van der Waals surface area contributed by atoms with Crippen molar-refractivity contribution < 1.29 is 23.4 Å². The van der Waals surface area contributed by atoms with Crippen LogP contribution in [-0.2, 0) is 22.4 Å². The number of Topliss-reactive ketones (excluding diaryl/α,β-unsaturated/α-hetero) is 1. The van der Waals surface area contributed by atoms with Crippen LogP contribution in [0, 0.1) is 12.4 Å². The highest BCUT2D eigenvalue weighted by Crippen LogP contribution is 2.38. The van der Waals surface area contributed by atoms with Crippen molar-refractivity contribution in [2.75, 3.05) is 13.2 Å². The molecule has 5 rings (SSSR count). The van der Waals surface area contributed by atoms with E-state index >= 15 is 0 Å². The number of hydrogen-bond acceptors (Lipinski definition) is 7. The number of thiazole rings is 1. The van der Waals surface area contributed by atoms with E-state index in [4.69, 9.17) is 20.8 Å². The minimum absolute atomic E-state index is 0.0209. The summed E-state index contributed by atoms with van der Waals surface area (Å²) in [4.78, 5) is 24.2. The first-order valence-electron chi connectivity index (χ1n) is 10.5. The monoisotopic (exact) mass is 475 g/mol. The number of hydrogen-bond donors (Lipinski definition) is 0. The summed E-state index contributed by atoms with van der Waals surface area (Å²) in [5, 5.41) is 3.12. The van der Waals surface area contributed by atoms with E-state index in [-0.39, 0.29) is 30.5 Å². The fourth-order valence-electron chi connectivity index (χ4n) is 3.42. The summed E-state index contributed by atoms with van der Waals surface area (Å²) in [5.41, 5.74) is 1.21. The topological polar surface area (TPSA) is 78.2 Å². The zero-order valence-corrected chi connectivity index (χ0v) is 18.7. The Morgan fingerprint density at radius 1 is 1.18 bits per heavy atom. The number of ketones is 1. The Kier molecular flexibility index (Phi) is 6.16. The molecule has 0 radical (unpaired) electrons. The van der Waals surface area contributed by atoms with Gasteiger partial charge in [-0.3, -0.25) is 9.78 Å². The summed E-state index contributed by atoms with van der Waals surface area (Å²) in [7, 11) is 0. The SMILES string of the molecule is [C-]#[N+]c1cc2c(Oc3ccc(CC(=O)Cc4nccs4)c(F)c3)ccnc2cc1OCC1CO1. The Bertz CT molecular complexity index is 1400. The van der Waals surface area contributed by atoms with Crippen LogP contribution in [-0.4, -0.2) is 35.1 Å². The minimum Gasteiger partial charge on any atom is -0.502 e. The van der Waals surface area contributed by atoms with Gasteiger partial charge in [0.05, 0.1) is 30.1 Å². The average molecular weight is 476 g/mol. The van der Waals surface area contributed by atoms with Gasteiger partial charge in [0.1, 0.15) is 41.6 Å². The second-order valence-electron chi connectivity index (χ2n) is 7.70. The largest absolute Gasteiger partial charge is 0.502 e. The first-order valence-corrected chi connectivity index (χ1v) is 11.4. The van der Waals surface area contributed by atoms with E-state index in [0.717, 1.165) is 0 Å². The highest BCUT2D eigenvalue weighted by molar-refractivity contribution is 7.09. The van der Waals surface area contributed by atoms with Crippen molar-refractivity contribution in [1.29, 1.82) is 0 Å². The van der Waals surface area contributed by atoms with E-state index in [1.165, 1.54) is 17.4 Å². The first-order chi connectivity index (χ1) is 16.6. The summed E-state index contributed by atoms with van der Waals surface area (Å²) in [5.74, 6) is 0.500. The smallest absolute Gasteiger partial charge is 0.229 e. The van der Waals surface area contributed by atoms with Crippen molar-refractivity contribution in [3.05, 3.63) is 82.0 Å². The number of ether oxygens (including phenoxy) is 3. The molecule has 7 nitrogen and oxygen atoms in total. The fourth-order valence-corrected chi connectivity index (χ4v) is 4.07. The summed E-state index contributed by atoms with van der Waals surface area (Å²) in [6.07, 6.45) is 3.44. The number of fused-ring (bicyclic) bond motifs is 1. The Balaban J connectivity index is 1.34. The van der Waals surface area contributed by atoms with Gasteiger partial charge < -0.3 is 14.2 Å². The third kappa shape index (κ3) is 5.03. The number of pyridine rings is 1. The van der Waals surface area contributed by atoms with Gasteiger partial charge in [-0.05, 0) is 29.8 Å². The Hall–Kier alpha value is -3.87. The molecule has 2 aromatic heterocycles. The Morgan fingerprint density at radius 2 is 2.06 bits per heavy atom. The van der Waals surface area contributed by atoms with Gasteiger partial charge in [-0.1, -0.05) is 6.07 Å². The number of nitrogens with zero attached hydrogens (tertiary/aromatic N) is 3. The van der Waals surface area contributed by atoms with Crippen LogP contribution >= 0.6 is 11.3 Å². The number of benzene rings is 2. The third-order valence-electron chi connectivity index (χ3n) is 5.20. The minimum atomic E-state index is -0.525. The average Bonchev–Trinajstić information content (AvgIpc) is 3.53. The molecule has 0 N–H and O–H groups in total. The molecule has 9 heteroatoms. The van der Waals surface area contributed by atoms with Crippen molar-refractivity contribution in [3.63, 3.8) is 0 Å². The quantitative estimate of drug-likeness (QED) is 0.241. The van der Waals surface area contributed by atoms with Gasteiger partial charge in [-0.2, -0.15) is 0 Å². The third-order valence-corrected chi connectivity index (χ3v) is 5.98. The lowest BCUT2D eigenvalue weighted by Gasteiger charge is -2.12. The molecule has 0 amide bonds. The Morgan fingerprint density at radius 3 is 2.79 bits per heavy atom. The lowest BCUT2D eigenvalue weighted by Crippen LogP contribution is -2.07. The molecule has 0 aliphatic carbocycles. The molecule has 34 heavy (non-hydrogen) atoms. The van der Waals surface area contributed by atoms with Crippen molar-refractivity contribution in [3.8, 4) is 17.2 Å². The summed E-state index contributed by atoms with van der Waals surface area (Å²) in [6.45, 7) is 8.53. The van der Waals surface area contributed by atoms with E-state index in [0.29, 0.717) is 51.9 Å². The van der Waals surface area contributed by atoms with Gasteiger partial charge >= 0.3 is 0 Å². The number of aromatic nitrogens is 2. The highest BCUT2D eigenvalue weighted by Gasteiger charge is 2.24. The van der Waals surface area contributed by atoms with Gasteiger partial charge in [0.2, 0.25) is 5.69 Å². The maximum Gasteiger partial charge on any atom is 0.229 e. The number of carbonyl (C=O) groups is 1. The summed E-state index contributed by atoms with van der Waals surface area (Å²) < 4.78 is 31.5. The molecule has 0 spiro atoms. The molecule has 4 aromatic rings. The number of rotatable bonds is 9. The second kappa shape index (κ2) is 9.55. The van der Waals surface area contributed by atoms with E-state index in [1.807, 2.05) is 0 Å². The Labute approximate surface area is 198 Å². The van der Waals surface area contributed by atoms with Crippen LogP contribution in [0.5, 0.6) is 17.2 Å². The van der Waals surface area contributed by atoms with E-state index in [2.05, 4.69) is 14.8 Å². The predicted molar refractivity (Wildman–Crippen MR) is 124 cm³/mol. The van der Waals surface area contributed by atoms with Crippen LogP contribution in [0.2, 0.25) is 0 Å². The van der Waals surface area contributed by atoms with Crippen molar-refractivity contribution in [1.82, 2.24) is 9.97 Å². The first kappa shape index (κ1) is 21.9. The van der Waals surface area contributed by atoms with Crippen LogP contribution in [0.1, 0.15) is 10.6 Å². The van der Waals surface area contributed by atoms with Crippen LogP contribution in [0.25, 0.3) is 15.7 Å². The molecule has 2 aromatic carbocycles. The van der Waals surface area contributed by atoms with Crippen molar-refractivity contribution in [2.45, 2.75) is 18.9 Å². The van der Waals surface area contributed by atoms with Crippen LogP contribution in [0.3, 0.4) is 0 Å². The van der Waals surface area contributed by atoms with Crippen molar-refractivity contribution in [2.24, 2.45) is 0 Å².